The van der Waals surface area contributed by atoms with Crippen molar-refractivity contribution in [2.24, 2.45) is 0 Å². The van der Waals surface area contributed by atoms with Gasteiger partial charge in [0.2, 0.25) is 0 Å². The van der Waals surface area contributed by atoms with Crippen LogP contribution in [0.1, 0.15) is 27.7 Å². The quantitative estimate of drug-likeness (QED) is 0.711. The maximum atomic E-state index is 9.00. The molecule has 118 valence electrons. The van der Waals surface area contributed by atoms with E-state index in [1.54, 1.807) is 17.5 Å². The number of nitrogens with zero attached hydrogens (tertiary/aromatic N) is 5. The van der Waals surface area contributed by atoms with Crippen LogP contribution in [0.3, 0.4) is 0 Å². The Labute approximate surface area is 148 Å². The Morgan fingerprint density at radius 3 is 2.67 bits per heavy atom. The Bertz CT molecular complexity index is 1000. The molecule has 3 rings (SSSR count). The molecule has 0 amide bonds. The molecule has 0 bridgehead atoms. The minimum Gasteiger partial charge on any atom is -0.262 e. The van der Waals surface area contributed by atoms with Gasteiger partial charge in [0.25, 0.3) is 0 Å². The van der Waals surface area contributed by atoms with Crippen molar-refractivity contribution in [1.82, 2.24) is 14.8 Å². The van der Waals surface area contributed by atoms with Crippen molar-refractivity contribution in [3.63, 3.8) is 0 Å². The highest BCUT2D eigenvalue weighted by molar-refractivity contribution is 7.09. The lowest BCUT2D eigenvalue weighted by Crippen LogP contribution is -2.03. The van der Waals surface area contributed by atoms with E-state index in [-0.39, 0.29) is 0 Å². The first-order chi connectivity index (χ1) is 11.5. The summed E-state index contributed by atoms with van der Waals surface area (Å²) in [6.45, 7) is 4.44. The molecule has 0 saturated heterocycles. The minimum absolute atomic E-state index is 0.427. The Balaban J connectivity index is 1.99. The molecular weight excluding hydrogens is 342 g/mol. The SMILES string of the molecule is Cc1nn(Cc2nc(C#N)cs2)c(C)c1-c1ccc(C#N)c(Cl)c1. The maximum absolute atomic E-state index is 9.00. The van der Waals surface area contributed by atoms with Crippen LogP contribution in [0.25, 0.3) is 11.1 Å². The van der Waals surface area contributed by atoms with Crippen molar-refractivity contribution in [2.75, 3.05) is 0 Å². The molecule has 3 aromatic rings. The van der Waals surface area contributed by atoms with Gasteiger partial charge in [0, 0.05) is 16.6 Å². The van der Waals surface area contributed by atoms with Crippen LogP contribution in [0, 0.1) is 36.5 Å². The number of aromatic nitrogens is 3. The van der Waals surface area contributed by atoms with Crippen molar-refractivity contribution in [2.45, 2.75) is 20.4 Å². The van der Waals surface area contributed by atoms with Gasteiger partial charge < -0.3 is 0 Å². The fraction of sp³-hybridized carbons (Fsp3) is 0.176. The summed E-state index contributed by atoms with van der Waals surface area (Å²) < 4.78 is 1.87. The number of hydrogen-bond acceptors (Lipinski definition) is 5. The average Bonchev–Trinajstić information content (AvgIpc) is 3.12. The van der Waals surface area contributed by atoms with Crippen LogP contribution in [0.2, 0.25) is 5.02 Å². The van der Waals surface area contributed by atoms with Gasteiger partial charge >= 0.3 is 0 Å². The maximum Gasteiger partial charge on any atom is 0.151 e. The van der Waals surface area contributed by atoms with Crippen molar-refractivity contribution in [3.8, 4) is 23.3 Å². The van der Waals surface area contributed by atoms with Gasteiger partial charge in [0.05, 0.1) is 22.8 Å². The zero-order chi connectivity index (χ0) is 17.3. The van der Waals surface area contributed by atoms with E-state index in [1.165, 1.54) is 11.3 Å². The topological polar surface area (TPSA) is 78.3 Å². The number of halogens is 1. The first kappa shape index (κ1) is 16.2. The molecule has 2 heterocycles. The zero-order valence-electron chi connectivity index (χ0n) is 13.0. The molecule has 0 radical (unpaired) electrons. The van der Waals surface area contributed by atoms with E-state index in [0.717, 1.165) is 27.5 Å². The number of nitriles is 2. The van der Waals surface area contributed by atoms with Crippen LogP contribution in [0.4, 0.5) is 0 Å². The summed E-state index contributed by atoms with van der Waals surface area (Å²) in [6.07, 6.45) is 0. The molecule has 0 aliphatic rings. The van der Waals surface area contributed by atoms with Crippen LogP contribution >= 0.6 is 22.9 Å². The number of hydrogen-bond donors (Lipinski definition) is 0. The van der Waals surface area contributed by atoms with E-state index in [9.17, 15) is 0 Å². The van der Waals surface area contributed by atoms with Gasteiger partial charge in [-0.3, -0.25) is 4.68 Å². The summed E-state index contributed by atoms with van der Waals surface area (Å²) in [5, 5.41) is 25.5. The summed E-state index contributed by atoms with van der Waals surface area (Å²) in [6, 6.07) is 9.48. The Kier molecular flexibility index (Phi) is 4.35. The van der Waals surface area contributed by atoms with Gasteiger partial charge in [-0.1, -0.05) is 17.7 Å². The van der Waals surface area contributed by atoms with Gasteiger partial charge in [0.1, 0.15) is 17.1 Å². The summed E-state index contributed by atoms with van der Waals surface area (Å²) in [7, 11) is 0. The highest BCUT2D eigenvalue weighted by atomic mass is 35.5. The van der Waals surface area contributed by atoms with E-state index in [0.29, 0.717) is 22.8 Å². The number of rotatable bonds is 3. The third kappa shape index (κ3) is 2.90. The lowest BCUT2D eigenvalue weighted by atomic mass is 10.0. The molecule has 7 heteroatoms. The van der Waals surface area contributed by atoms with Crippen LogP contribution in [-0.2, 0) is 6.54 Å². The first-order valence-corrected chi connectivity index (χ1v) is 8.37. The van der Waals surface area contributed by atoms with E-state index in [4.69, 9.17) is 22.1 Å². The summed E-state index contributed by atoms with van der Waals surface area (Å²) >= 11 is 7.60. The Morgan fingerprint density at radius 1 is 1.25 bits per heavy atom. The second-order valence-electron chi connectivity index (χ2n) is 5.25. The zero-order valence-corrected chi connectivity index (χ0v) is 14.6. The second-order valence-corrected chi connectivity index (χ2v) is 6.60. The number of thiazole rings is 1. The van der Waals surface area contributed by atoms with E-state index >= 15 is 0 Å². The fourth-order valence-corrected chi connectivity index (χ4v) is 3.52. The van der Waals surface area contributed by atoms with Crippen molar-refractivity contribution < 1.29 is 0 Å². The van der Waals surface area contributed by atoms with Gasteiger partial charge in [-0.05, 0) is 31.5 Å². The molecule has 0 unspecified atom stereocenters. The average molecular weight is 354 g/mol. The fourth-order valence-electron chi connectivity index (χ4n) is 2.59. The van der Waals surface area contributed by atoms with Crippen LogP contribution in [0.5, 0.6) is 0 Å². The second kappa shape index (κ2) is 6.45. The van der Waals surface area contributed by atoms with Crippen molar-refractivity contribution in [3.05, 3.63) is 56.3 Å². The summed E-state index contributed by atoms with van der Waals surface area (Å²) in [5.74, 6) is 0. The standard InChI is InChI=1S/C17H12ClN5S/c1-10-17(12-3-4-13(6-19)15(18)5-12)11(2)23(22-10)8-16-21-14(7-20)9-24-16/h3-5,9H,8H2,1-2H3. The molecule has 0 N–H and O–H groups in total. The third-order valence-electron chi connectivity index (χ3n) is 3.71. The van der Waals surface area contributed by atoms with Crippen molar-refractivity contribution >= 4 is 22.9 Å². The van der Waals surface area contributed by atoms with Crippen molar-refractivity contribution in [1.29, 1.82) is 10.5 Å². The largest absolute Gasteiger partial charge is 0.262 e. The molecule has 0 atom stereocenters. The Morgan fingerprint density at radius 2 is 2.04 bits per heavy atom. The van der Waals surface area contributed by atoms with Gasteiger partial charge in [-0.25, -0.2) is 4.98 Å². The van der Waals surface area contributed by atoms with E-state index in [1.807, 2.05) is 30.7 Å². The van der Waals surface area contributed by atoms with Gasteiger partial charge in [-0.2, -0.15) is 15.6 Å². The summed E-state index contributed by atoms with van der Waals surface area (Å²) in [5.41, 5.74) is 4.67. The predicted octanol–water partition coefficient (Wildman–Crippen LogP) is 4.07. The molecule has 0 spiro atoms. The Hall–Kier alpha value is -2.67. The highest BCUT2D eigenvalue weighted by Crippen LogP contribution is 2.30. The van der Waals surface area contributed by atoms with E-state index in [2.05, 4.69) is 16.2 Å². The molecule has 2 aromatic heterocycles. The van der Waals surface area contributed by atoms with Gasteiger partial charge in [-0.15, -0.1) is 11.3 Å². The van der Waals surface area contributed by atoms with Crippen LogP contribution < -0.4 is 0 Å². The number of benzene rings is 1. The van der Waals surface area contributed by atoms with Gasteiger partial charge in [0.15, 0.2) is 5.69 Å². The molecule has 0 fully saturated rings. The minimum atomic E-state index is 0.427. The molecule has 24 heavy (non-hydrogen) atoms. The highest BCUT2D eigenvalue weighted by Gasteiger charge is 2.16. The van der Waals surface area contributed by atoms with Crippen LogP contribution in [0.15, 0.2) is 23.6 Å². The number of aryl methyl sites for hydroxylation is 1. The van der Waals surface area contributed by atoms with E-state index < -0.39 is 0 Å². The smallest absolute Gasteiger partial charge is 0.151 e. The third-order valence-corrected chi connectivity index (χ3v) is 4.86. The molecule has 0 saturated carbocycles. The lowest BCUT2D eigenvalue weighted by Gasteiger charge is -2.05. The molecule has 0 aliphatic heterocycles. The normalized spacial score (nSPS) is 10.4. The lowest BCUT2D eigenvalue weighted by molar-refractivity contribution is 0.656. The molecule has 0 aliphatic carbocycles. The monoisotopic (exact) mass is 353 g/mol. The molecular formula is C17H12ClN5S. The van der Waals surface area contributed by atoms with Crippen LogP contribution in [-0.4, -0.2) is 14.8 Å². The summed E-state index contributed by atoms with van der Waals surface area (Å²) in [4.78, 5) is 4.25. The first-order valence-electron chi connectivity index (χ1n) is 7.12. The predicted molar refractivity (Wildman–Crippen MR) is 92.8 cm³/mol. The molecule has 1 aromatic carbocycles. The molecule has 5 nitrogen and oxygen atoms in total.